The monoisotopic (exact) mass is 393 g/mol. The van der Waals surface area contributed by atoms with E-state index < -0.39 is 6.10 Å². The highest BCUT2D eigenvalue weighted by molar-refractivity contribution is 6.00. The summed E-state index contributed by atoms with van der Waals surface area (Å²) in [5.74, 6) is 0.872. The average Bonchev–Trinajstić information content (AvgIpc) is 3.37. The number of hydrogen-bond donors (Lipinski definition) is 4. The minimum atomic E-state index is -0.498. The van der Waals surface area contributed by atoms with Crippen molar-refractivity contribution in [2.75, 3.05) is 17.7 Å². The van der Waals surface area contributed by atoms with E-state index in [2.05, 4.69) is 31.0 Å². The number of rotatable bonds is 5. The number of aliphatic hydroxyl groups is 1. The minimum absolute atomic E-state index is 0.229. The number of anilines is 3. The molecule has 29 heavy (non-hydrogen) atoms. The molecule has 10 nitrogen and oxygen atoms in total. The summed E-state index contributed by atoms with van der Waals surface area (Å²) in [7, 11) is 1.77. The van der Waals surface area contributed by atoms with Crippen LogP contribution in [0.15, 0.2) is 41.3 Å². The van der Waals surface area contributed by atoms with Crippen LogP contribution in [0.4, 0.5) is 17.3 Å². The summed E-state index contributed by atoms with van der Waals surface area (Å²) in [5, 5.41) is 23.2. The van der Waals surface area contributed by atoms with Crippen molar-refractivity contribution in [1.29, 1.82) is 0 Å². The predicted octanol–water partition coefficient (Wildman–Crippen LogP) is 1.91. The Hall–Kier alpha value is -3.66. The summed E-state index contributed by atoms with van der Waals surface area (Å²) in [5.41, 5.74) is 2.82. The van der Waals surface area contributed by atoms with E-state index in [9.17, 15) is 9.90 Å². The van der Waals surface area contributed by atoms with Gasteiger partial charge in [0, 0.05) is 13.1 Å². The van der Waals surface area contributed by atoms with E-state index in [0.29, 0.717) is 40.4 Å². The van der Waals surface area contributed by atoms with Gasteiger partial charge in [-0.25, -0.2) is 9.97 Å². The second kappa shape index (κ2) is 6.74. The van der Waals surface area contributed by atoms with Crippen LogP contribution in [0.5, 0.6) is 0 Å². The number of nitrogens with one attached hydrogen (secondary N) is 3. The van der Waals surface area contributed by atoms with Gasteiger partial charge in [0.15, 0.2) is 17.6 Å². The Morgan fingerprint density at radius 3 is 3.00 bits per heavy atom. The Morgan fingerprint density at radius 1 is 1.34 bits per heavy atom. The smallest absolute Gasteiger partial charge is 0.257 e. The number of para-hydroxylation sites is 1. The van der Waals surface area contributed by atoms with Gasteiger partial charge in [-0.05, 0) is 25.0 Å². The molecule has 0 aliphatic heterocycles. The molecule has 10 heteroatoms. The minimum Gasteiger partial charge on any atom is -0.443 e. The molecule has 0 saturated heterocycles. The topological polar surface area (TPSA) is 130 Å². The number of aromatic nitrogens is 4. The molecule has 4 N–H and O–H groups in total. The maximum absolute atomic E-state index is 12.7. The van der Waals surface area contributed by atoms with Gasteiger partial charge in [0.2, 0.25) is 0 Å². The summed E-state index contributed by atoms with van der Waals surface area (Å²) in [6, 6.07) is 7.12. The lowest BCUT2D eigenvalue weighted by Crippen LogP contribution is -2.50. The Morgan fingerprint density at radius 2 is 2.24 bits per heavy atom. The van der Waals surface area contributed by atoms with Gasteiger partial charge in [-0.2, -0.15) is 9.61 Å². The van der Waals surface area contributed by atoms with Crippen LogP contribution < -0.4 is 16.0 Å². The fourth-order valence-corrected chi connectivity index (χ4v) is 3.39. The third-order valence-electron chi connectivity index (χ3n) is 5.15. The molecule has 0 bridgehead atoms. The van der Waals surface area contributed by atoms with Crippen molar-refractivity contribution in [3.8, 4) is 0 Å². The third kappa shape index (κ3) is 2.93. The van der Waals surface area contributed by atoms with Gasteiger partial charge in [-0.1, -0.05) is 6.07 Å². The van der Waals surface area contributed by atoms with Gasteiger partial charge in [-0.15, -0.1) is 0 Å². The summed E-state index contributed by atoms with van der Waals surface area (Å²) >= 11 is 0. The molecule has 1 amide bonds. The molecule has 1 aromatic carbocycles. The lowest BCUT2D eigenvalue weighted by Gasteiger charge is -2.32. The Bertz CT molecular complexity index is 1220. The zero-order chi connectivity index (χ0) is 20.0. The molecule has 1 aliphatic carbocycles. The van der Waals surface area contributed by atoms with Crippen molar-refractivity contribution in [2.24, 2.45) is 0 Å². The van der Waals surface area contributed by atoms with Crippen LogP contribution in [0.2, 0.25) is 0 Å². The zero-order valence-electron chi connectivity index (χ0n) is 15.6. The first-order valence-electron chi connectivity index (χ1n) is 9.29. The summed E-state index contributed by atoms with van der Waals surface area (Å²) in [4.78, 5) is 21.5. The third-order valence-corrected chi connectivity index (χ3v) is 5.15. The second-order valence-corrected chi connectivity index (χ2v) is 6.92. The van der Waals surface area contributed by atoms with E-state index in [1.165, 1.54) is 12.6 Å². The van der Waals surface area contributed by atoms with E-state index >= 15 is 0 Å². The Labute approximate surface area is 164 Å². The molecular weight excluding hydrogens is 374 g/mol. The predicted molar refractivity (Wildman–Crippen MR) is 106 cm³/mol. The van der Waals surface area contributed by atoms with Gasteiger partial charge in [0.05, 0.1) is 24.0 Å². The molecule has 1 saturated carbocycles. The van der Waals surface area contributed by atoms with Crippen LogP contribution in [-0.2, 0) is 0 Å². The van der Waals surface area contributed by atoms with E-state index in [1.54, 1.807) is 17.6 Å². The van der Waals surface area contributed by atoms with Crippen LogP contribution in [-0.4, -0.2) is 49.8 Å². The van der Waals surface area contributed by atoms with Gasteiger partial charge in [0.25, 0.3) is 5.91 Å². The van der Waals surface area contributed by atoms with Crippen LogP contribution in [0.1, 0.15) is 23.2 Å². The number of hydrogen-bond acceptors (Lipinski definition) is 8. The van der Waals surface area contributed by atoms with Crippen LogP contribution in [0.25, 0.3) is 16.7 Å². The number of carbonyl (C=O) groups excluding carboxylic acids is 1. The molecule has 3 heterocycles. The van der Waals surface area contributed by atoms with Gasteiger partial charge >= 0.3 is 0 Å². The number of fused-ring (bicyclic) bond motifs is 2. The van der Waals surface area contributed by atoms with Crippen molar-refractivity contribution in [3.05, 3.63) is 42.4 Å². The number of carbonyl (C=O) groups is 1. The van der Waals surface area contributed by atoms with Crippen LogP contribution in [0, 0.1) is 0 Å². The summed E-state index contributed by atoms with van der Waals surface area (Å²) < 4.78 is 6.90. The van der Waals surface area contributed by atoms with E-state index in [1.807, 2.05) is 18.2 Å². The first-order valence-corrected chi connectivity index (χ1v) is 9.29. The highest BCUT2D eigenvalue weighted by Crippen LogP contribution is 2.27. The lowest BCUT2D eigenvalue weighted by atomic mass is 9.89. The Balaban J connectivity index is 1.52. The Kier molecular flexibility index (Phi) is 4.06. The molecule has 148 valence electrons. The molecule has 0 unspecified atom stereocenters. The lowest BCUT2D eigenvalue weighted by molar-refractivity contribution is 0.0448. The maximum atomic E-state index is 12.7. The molecule has 2 atom stereocenters. The molecule has 3 aromatic heterocycles. The van der Waals surface area contributed by atoms with Crippen molar-refractivity contribution < 1.29 is 14.3 Å². The molecule has 0 radical (unpaired) electrons. The number of benzene rings is 1. The SMILES string of the molecule is CNc1cc(Nc2cccc3ocnc23)nc2c(C(=O)N[C@@H]3CC[C@H]3O)cnn12. The first kappa shape index (κ1) is 17.4. The van der Waals surface area contributed by atoms with Gasteiger partial charge in [-0.3, -0.25) is 4.79 Å². The standard InChI is InChI=1S/C19H19N7O3/c1-20-16-7-15(23-12-3-2-4-14-17(12)21-9-29-14)25-18-10(8-22-26(16)18)19(28)24-11-5-6-13(11)27/h2-4,7-9,11,13,20,27H,5-6H2,1H3,(H,23,25)(H,24,28)/t11-,13-/m1/s1. The molecule has 0 spiro atoms. The molecule has 1 fully saturated rings. The van der Waals surface area contributed by atoms with Gasteiger partial charge < -0.3 is 25.5 Å². The highest BCUT2D eigenvalue weighted by Gasteiger charge is 2.31. The highest BCUT2D eigenvalue weighted by atomic mass is 16.3. The quantitative estimate of drug-likeness (QED) is 0.405. The van der Waals surface area contributed by atoms with Crippen molar-refractivity contribution in [2.45, 2.75) is 25.0 Å². The average molecular weight is 393 g/mol. The van der Waals surface area contributed by atoms with Crippen molar-refractivity contribution >= 4 is 40.0 Å². The summed E-state index contributed by atoms with van der Waals surface area (Å²) in [6.07, 6.45) is 3.83. The maximum Gasteiger partial charge on any atom is 0.257 e. The fraction of sp³-hybridized carbons (Fsp3) is 0.263. The van der Waals surface area contributed by atoms with Crippen molar-refractivity contribution in [3.63, 3.8) is 0 Å². The number of amides is 1. The molecule has 1 aliphatic rings. The zero-order valence-corrected chi connectivity index (χ0v) is 15.6. The van der Waals surface area contributed by atoms with Gasteiger partial charge in [0.1, 0.15) is 22.7 Å². The molecular formula is C19H19N7O3. The van der Waals surface area contributed by atoms with E-state index in [0.717, 1.165) is 12.1 Å². The molecule has 4 aromatic rings. The first-order chi connectivity index (χ1) is 14.1. The normalized spacial score (nSPS) is 18.6. The van der Waals surface area contributed by atoms with Crippen LogP contribution >= 0.6 is 0 Å². The summed E-state index contributed by atoms with van der Waals surface area (Å²) in [6.45, 7) is 0. The second-order valence-electron chi connectivity index (χ2n) is 6.92. The van der Waals surface area contributed by atoms with Crippen molar-refractivity contribution in [1.82, 2.24) is 24.9 Å². The number of aliphatic hydroxyl groups excluding tert-OH is 1. The largest absolute Gasteiger partial charge is 0.443 e. The number of nitrogens with zero attached hydrogens (tertiary/aromatic N) is 4. The molecule has 5 rings (SSSR count). The van der Waals surface area contributed by atoms with Crippen LogP contribution in [0.3, 0.4) is 0 Å². The van der Waals surface area contributed by atoms with E-state index in [4.69, 9.17) is 4.42 Å². The fourth-order valence-electron chi connectivity index (χ4n) is 3.39. The number of oxazole rings is 1. The van der Waals surface area contributed by atoms with E-state index in [-0.39, 0.29) is 11.9 Å².